The van der Waals surface area contributed by atoms with E-state index in [1.165, 1.54) is 0 Å². The molecule has 0 N–H and O–H groups in total. The number of allylic oxidation sites excluding steroid dienone is 1. The Morgan fingerprint density at radius 3 is 2.53 bits per heavy atom. The zero-order valence-corrected chi connectivity index (χ0v) is 10.6. The highest BCUT2D eigenvalue weighted by Gasteiger charge is 2.11. The average molecular weight is 232 g/mol. The number of hydrogen-bond acceptors (Lipinski definition) is 2. The normalized spacial score (nSPS) is 11.9. The molecule has 1 rings (SSSR count). The van der Waals surface area contributed by atoms with Crippen LogP contribution < -0.4 is 4.74 Å². The van der Waals surface area contributed by atoms with Gasteiger partial charge in [-0.2, -0.15) is 0 Å². The molecule has 1 atom stereocenters. The van der Waals surface area contributed by atoms with Gasteiger partial charge in [0.15, 0.2) is 5.78 Å². The number of benzene rings is 1. The van der Waals surface area contributed by atoms with E-state index in [2.05, 4.69) is 13.5 Å². The highest BCUT2D eigenvalue weighted by atomic mass is 16.5. The Kier molecular flexibility index (Phi) is 5.47. The van der Waals surface area contributed by atoms with Crippen molar-refractivity contribution in [3.63, 3.8) is 0 Å². The number of carbonyl (C=O) groups excluding carboxylic acids is 1. The largest absolute Gasteiger partial charge is 0.497 e. The summed E-state index contributed by atoms with van der Waals surface area (Å²) in [7, 11) is 1.62. The maximum atomic E-state index is 12.0. The van der Waals surface area contributed by atoms with E-state index in [0.29, 0.717) is 6.42 Å². The Morgan fingerprint density at radius 2 is 2.06 bits per heavy atom. The highest BCUT2D eigenvalue weighted by Crippen LogP contribution is 2.18. The number of methoxy groups -OCH3 is 1. The first-order valence-electron chi connectivity index (χ1n) is 6.01. The predicted molar refractivity (Wildman–Crippen MR) is 70.5 cm³/mol. The molecule has 0 spiro atoms. The number of ether oxygens (including phenoxy) is 1. The first-order valence-corrected chi connectivity index (χ1v) is 6.01. The van der Waals surface area contributed by atoms with Gasteiger partial charge < -0.3 is 4.74 Å². The molecule has 2 nitrogen and oxygen atoms in total. The van der Waals surface area contributed by atoms with Gasteiger partial charge in [-0.3, -0.25) is 4.79 Å². The molecule has 17 heavy (non-hydrogen) atoms. The second kappa shape index (κ2) is 6.89. The molecule has 0 aliphatic heterocycles. The van der Waals surface area contributed by atoms with Crippen molar-refractivity contribution in [1.82, 2.24) is 0 Å². The zero-order chi connectivity index (χ0) is 12.7. The van der Waals surface area contributed by atoms with E-state index in [0.717, 1.165) is 24.2 Å². The maximum Gasteiger partial charge on any atom is 0.163 e. The summed E-state index contributed by atoms with van der Waals surface area (Å²) >= 11 is 0. The lowest BCUT2D eigenvalue weighted by atomic mass is 9.94. The summed E-state index contributed by atoms with van der Waals surface area (Å²) in [6.45, 7) is 5.90. The minimum absolute atomic E-state index is 0.172. The number of rotatable bonds is 7. The predicted octanol–water partition coefficient (Wildman–Crippen LogP) is 3.87. The molecule has 0 radical (unpaired) electrons. The van der Waals surface area contributed by atoms with Gasteiger partial charge in [-0.15, -0.1) is 6.58 Å². The quantitative estimate of drug-likeness (QED) is 0.527. The van der Waals surface area contributed by atoms with Crippen LogP contribution in [0.1, 0.15) is 36.5 Å². The van der Waals surface area contributed by atoms with E-state index in [1.807, 2.05) is 30.3 Å². The lowest BCUT2D eigenvalue weighted by Gasteiger charge is -2.10. The Labute approximate surface area is 103 Å². The Bertz CT molecular complexity index is 365. The van der Waals surface area contributed by atoms with Gasteiger partial charge >= 0.3 is 0 Å². The maximum absolute atomic E-state index is 12.0. The molecule has 0 aromatic heterocycles. The van der Waals surface area contributed by atoms with Gasteiger partial charge in [0.05, 0.1) is 7.11 Å². The van der Waals surface area contributed by atoms with E-state index in [-0.39, 0.29) is 11.7 Å². The number of hydrogen-bond donors (Lipinski definition) is 0. The summed E-state index contributed by atoms with van der Waals surface area (Å²) in [6.07, 6.45) is 4.52. The van der Waals surface area contributed by atoms with Gasteiger partial charge in [0.2, 0.25) is 0 Å². The summed E-state index contributed by atoms with van der Waals surface area (Å²) in [6, 6.07) is 7.26. The molecule has 2 heteroatoms. The van der Waals surface area contributed by atoms with Crippen LogP contribution in [0.2, 0.25) is 0 Å². The summed E-state index contributed by atoms with van der Waals surface area (Å²) in [5.41, 5.74) is 0.744. The van der Waals surface area contributed by atoms with Gasteiger partial charge in [0.25, 0.3) is 0 Å². The fourth-order valence-electron chi connectivity index (χ4n) is 1.81. The fourth-order valence-corrected chi connectivity index (χ4v) is 1.81. The van der Waals surface area contributed by atoms with Crippen LogP contribution >= 0.6 is 0 Å². The van der Waals surface area contributed by atoms with Crippen LogP contribution in [0.4, 0.5) is 0 Å². The van der Waals surface area contributed by atoms with E-state index in [1.54, 1.807) is 7.11 Å². The molecule has 0 saturated carbocycles. The summed E-state index contributed by atoms with van der Waals surface area (Å²) in [5.74, 6) is 1.23. The first kappa shape index (κ1) is 13.5. The SMILES string of the molecule is C=C[C@@H](CCC)CC(=O)c1ccc(OC)cc1. The molecule has 0 amide bonds. The van der Waals surface area contributed by atoms with Crippen molar-refractivity contribution in [3.8, 4) is 5.75 Å². The Balaban J connectivity index is 2.65. The minimum Gasteiger partial charge on any atom is -0.497 e. The third kappa shape index (κ3) is 4.06. The molecule has 92 valence electrons. The van der Waals surface area contributed by atoms with Crippen molar-refractivity contribution in [2.24, 2.45) is 5.92 Å². The summed E-state index contributed by atoms with van der Waals surface area (Å²) in [5, 5.41) is 0. The molecule has 0 saturated heterocycles. The fraction of sp³-hybridized carbons (Fsp3) is 0.400. The van der Waals surface area contributed by atoms with Crippen molar-refractivity contribution in [3.05, 3.63) is 42.5 Å². The van der Waals surface area contributed by atoms with Crippen LogP contribution in [0.15, 0.2) is 36.9 Å². The first-order chi connectivity index (χ1) is 8.21. The molecule has 0 unspecified atom stereocenters. The topological polar surface area (TPSA) is 26.3 Å². The molecular weight excluding hydrogens is 212 g/mol. The molecule has 1 aromatic carbocycles. The van der Waals surface area contributed by atoms with Gasteiger partial charge in [-0.25, -0.2) is 0 Å². The van der Waals surface area contributed by atoms with Crippen LogP contribution in [0.5, 0.6) is 5.75 Å². The van der Waals surface area contributed by atoms with Gasteiger partial charge in [0.1, 0.15) is 5.75 Å². The van der Waals surface area contributed by atoms with Gasteiger partial charge in [0, 0.05) is 12.0 Å². The monoisotopic (exact) mass is 232 g/mol. The molecule has 0 fully saturated rings. The molecule has 0 aliphatic rings. The second-order valence-corrected chi connectivity index (χ2v) is 4.14. The molecule has 0 heterocycles. The summed E-state index contributed by atoms with van der Waals surface area (Å²) < 4.78 is 5.06. The van der Waals surface area contributed by atoms with Crippen molar-refractivity contribution in [2.75, 3.05) is 7.11 Å². The third-order valence-electron chi connectivity index (χ3n) is 2.85. The number of carbonyl (C=O) groups is 1. The second-order valence-electron chi connectivity index (χ2n) is 4.14. The van der Waals surface area contributed by atoms with Crippen molar-refractivity contribution >= 4 is 5.78 Å². The van der Waals surface area contributed by atoms with E-state index < -0.39 is 0 Å². The average Bonchev–Trinajstić information content (AvgIpc) is 2.38. The molecule has 1 aromatic rings. The van der Waals surface area contributed by atoms with Crippen LogP contribution in [-0.4, -0.2) is 12.9 Å². The van der Waals surface area contributed by atoms with Gasteiger partial charge in [-0.1, -0.05) is 19.4 Å². The van der Waals surface area contributed by atoms with E-state index >= 15 is 0 Å². The van der Waals surface area contributed by atoms with Crippen molar-refractivity contribution < 1.29 is 9.53 Å². The van der Waals surface area contributed by atoms with Crippen molar-refractivity contribution in [2.45, 2.75) is 26.2 Å². The Morgan fingerprint density at radius 1 is 1.41 bits per heavy atom. The van der Waals surface area contributed by atoms with E-state index in [9.17, 15) is 4.79 Å². The van der Waals surface area contributed by atoms with Gasteiger partial charge in [-0.05, 0) is 36.6 Å². The number of Topliss-reactive ketones (excluding diaryl/α,β-unsaturated/α-hetero) is 1. The highest BCUT2D eigenvalue weighted by molar-refractivity contribution is 5.96. The van der Waals surface area contributed by atoms with Crippen LogP contribution in [0, 0.1) is 5.92 Å². The zero-order valence-electron chi connectivity index (χ0n) is 10.6. The third-order valence-corrected chi connectivity index (χ3v) is 2.85. The van der Waals surface area contributed by atoms with Crippen LogP contribution in [-0.2, 0) is 0 Å². The lowest BCUT2D eigenvalue weighted by molar-refractivity contribution is 0.0967. The minimum atomic E-state index is 0.172. The molecule has 0 bridgehead atoms. The van der Waals surface area contributed by atoms with Crippen LogP contribution in [0.3, 0.4) is 0 Å². The number of ketones is 1. The summed E-state index contributed by atoms with van der Waals surface area (Å²) in [4.78, 5) is 12.0. The smallest absolute Gasteiger partial charge is 0.163 e. The molecule has 0 aliphatic carbocycles. The van der Waals surface area contributed by atoms with E-state index in [4.69, 9.17) is 4.74 Å². The van der Waals surface area contributed by atoms with Crippen molar-refractivity contribution in [1.29, 1.82) is 0 Å². The standard InChI is InChI=1S/C15H20O2/c1-4-6-12(5-2)11-15(16)13-7-9-14(17-3)10-8-13/h5,7-10,12H,2,4,6,11H2,1,3H3/t12-/m0/s1. The Hall–Kier alpha value is -1.57. The molecular formula is C15H20O2. The lowest BCUT2D eigenvalue weighted by Crippen LogP contribution is -2.06. The van der Waals surface area contributed by atoms with Crippen LogP contribution in [0.25, 0.3) is 0 Å².